The topological polar surface area (TPSA) is 106 Å². The van der Waals surface area contributed by atoms with Crippen molar-refractivity contribution in [2.45, 2.75) is 96.6 Å². The maximum absolute atomic E-state index is 14.0. The molecule has 0 radical (unpaired) electrons. The second kappa shape index (κ2) is 11.1. The van der Waals surface area contributed by atoms with Crippen molar-refractivity contribution in [3.05, 3.63) is 67.7 Å². The monoisotopic (exact) mass is 592 g/mol. The van der Waals surface area contributed by atoms with E-state index in [1.807, 2.05) is 13.8 Å². The molecule has 13 heteroatoms. The molecule has 0 bridgehead atoms. The summed E-state index contributed by atoms with van der Waals surface area (Å²) in [5.41, 5.74) is -0.374. The number of aryl methyl sites for hydroxylation is 1. The predicted molar refractivity (Wildman–Crippen MR) is 146 cm³/mol. The lowest BCUT2D eigenvalue weighted by Crippen LogP contribution is -2.46. The van der Waals surface area contributed by atoms with E-state index in [1.54, 1.807) is 18.4 Å². The summed E-state index contributed by atoms with van der Waals surface area (Å²) in [7, 11) is 0. The van der Waals surface area contributed by atoms with Crippen molar-refractivity contribution in [2.75, 3.05) is 5.32 Å². The second-order valence-corrected chi connectivity index (χ2v) is 11.6. The Bertz CT molecular complexity index is 1510. The lowest BCUT2D eigenvalue weighted by atomic mass is 9.85. The molecule has 2 aliphatic rings. The first-order valence-corrected chi connectivity index (χ1v) is 14.1. The lowest BCUT2D eigenvalue weighted by Gasteiger charge is -2.36. The van der Waals surface area contributed by atoms with Gasteiger partial charge in [-0.2, -0.15) is 13.2 Å². The highest BCUT2D eigenvalue weighted by atomic mass is 35.5. The molecule has 3 heterocycles. The van der Waals surface area contributed by atoms with Gasteiger partial charge in [0.05, 0.1) is 22.8 Å². The number of anilines is 1. The highest BCUT2D eigenvalue weighted by molar-refractivity contribution is 6.31. The minimum atomic E-state index is -4.69. The molecule has 0 saturated heterocycles. The Morgan fingerprint density at radius 1 is 1.17 bits per heavy atom. The van der Waals surface area contributed by atoms with Gasteiger partial charge in [-0.3, -0.25) is 14.2 Å². The number of amides is 1. The van der Waals surface area contributed by atoms with Crippen molar-refractivity contribution in [1.82, 2.24) is 24.6 Å². The molecule has 220 valence electrons. The first-order chi connectivity index (χ1) is 19.3. The first-order valence-electron chi connectivity index (χ1n) is 13.7. The summed E-state index contributed by atoms with van der Waals surface area (Å²) in [6.45, 7) is 7.44. The van der Waals surface area contributed by atoms with Gasteiger partial charge in [-0.15, -0.1) is 10.2 Å². The zero-order valence-electron chi connectivity index (χ0n) is 23.3. The molecule has 1 aromatic carbocycles. The average molecular weight is 593 g/mol. The smallest absolute Gasteiger partial charge is 0.417 e. The third kappa shape index (κ3) is 5.84. The molecule has 0 unspecified atom stereocenters. The molecule has 41 heavy (non-hydrogen) atoms. The van der Waals surface area contributed by atoms with Gasteiger partial charge in [0, 0.05) is 42.1 Å². The average Bonchev–Trinajstić information content (AvgIpc) is 3.34. The molecule has 1 aliphatic carbocycles. The number of fused-ring (bicyclic) bond motifs is 1. The Hall–Kier alpha value is -3.41. The van der Waals surface area contributed by atoms with E-state index in [1.165, 1.54) is 11.0 Å². The molecule has 5 rings (SSSR count). The number of carbonyl (C=O) groups is 1. The largest absolute Gasteiger partial charge is 0.425 e. The van der Waals surface area contributed by atoms with Crippen LogP contribution < -0.4 is 10.9 Å². The number of alkyl halides is 3. The molecular weight excluding hydrogens is 561 g/mol. The molecule has 1 N–H and O–H groups in total. The van der Waals surface area contributed by atoms with Crippen LogP contribution in [0.2, 0.25) is 5.02 Å². The number of hydrogen-bond donors (Lipinski definition) is 1. The van der Waals surface area contributed by atoms with E-state index in [0.29, 0.717) is 29.0 Å². The quantitative estimate of drug-likeness (QED) is 0.392. The van der Waals surface area contributed by atoms with Crippen LogP contribution in [0.15, 0.2) is 27.4 Å². The number of aromatic nitrogens is 4. The number of carbonyl (C=O) groups excluding carboxylic acids is 1. The molecule has 1 aliphatic heterocycles. The molecule has 0 spiro atoms. The van der Waals surface area contributed by atoms with Gasteiger partial charge in [0.25, 0.3) is 11.5 Å². The van der Waals surface area contributed by atoms with Gasteiger partial charge in [0.15, 0.2) is 0 Å². The number of hydrogen-bond acceptors (Lipinski definition) is 7. The lowest BCUT2D eigenvalue weighted by molar-refractivity contribution is -0.137. The van der Waals surface area contributed by atoms with Crippen LogP contribution in [0.3, 0.4) is 0 Å². The van der Waals surface area contributed by atoms with Gasteiger partial charge in [-0.25, -0.2) is 4.98 Å². The molecule has 1 saturated carbocycles. The number of halogens is 4. The molecule has 3 aromatic rings. The summed E-state index contributed by atoms with van der Waals surface area (Å²) in [6.07, 6.45) is -1.41. The van der Waals surface area contributed by atoms with Crippen LogP contribution in [0, 0.1) is 6.92 Å². The Labute approximate surface area is 240 Å². The van der Waals surface area contributed by atoms with Gasteiger partial charge >= 0.3 is 6.18 Å². The summed E-state index contributed by atoms with van der Waals surface area (Å²) in [5.74, 6) is 1.14. The zero-order chi connectivity index (χ0) is 29.6. The maximum Gasteiger partial charge on any atom is 0.417 e. The van der Waals surface area contributed by atoms with Gasteiger partial charge < -0.3 is 14.6 Å². The van der Waals surface area contributed by atoms with Gasteiger partial charge in [0.1, 0.15) is 0 Å². The van der Waals surface area contributed by atoms with Gasteiger partial charge in [-0.05, 0) is 71.1 Å². The summed E-state index contributed by atoms with van der Waals surface area (Å²) in [5, 5.41) is 10.9. The summed E-state index contributed by atoms with van der Waals surface area (Å²) >= 11 is 5.75. The summed E-state index contributed by atoms with van der Waals surface area (Å²) in [6, 6.07) is 2.62. The molecular formula is C28H32ClF3N6O3. The van der Waals surface area contributed by atoms with Crippen LogP contribution in [0.5, 0.6) is 0 Å². The van der Waals surface area contributed by atoms with Crippen LogP contribution in [-0.4, -0.2) is 42.6 Å². The minimum Gasteiger partial charge on any atom is -0.425 e. The number of nitrogens with one attached hydrogen (secondary N) is 1. The molecule has 9 nitrogen and oxygen atoms in total. The number of nitrogens with zero attached hydrogens (tertiary/aromatic N) is 5. The summed E-state index contributed by atoms with van der Waals surface area (Å²) in [4.78, 5) is 33.6. The molecule has 1 fully saturated rings. The van der Waals surface area contributed by atoms with Crippen LogP contribution in [-0.2, 0) is 19.1 Å². The van der Waals surface area contributed by atoms with Crippen molar-refractivity contribution in [3.8, 4) is 0 Å². The SMILES string of the molecule is Cc1nnc([C@H]2CC[C@H](n3c(NC(C)C)nc4c(c3=O)C[C@@H](C)N(C(=O)c3ccc(Cl)c(C(F)(F)F)c3)C4)CC2)o1. The van der Waals surface area contributed by atoms with E-state index in [9.17, 15) is 22.8 Å². The third-order valence-corrected chi connectivity index (χ3v) is 8.13. The Morgan fingerprint density at radius 3 is 2.49 bits per heavy atom. The van der Waals surface area contributed by atoms with E-state index >= 15 is 0 Å². The van der Waals surface area contributed by atoms with Gasteiger partial charge in [0.2, 0.25) is 17.7 Å². The first kappa shape index (κ1) is 29.1. The third-order valence-electron chi connectivity index (χ3n) is 7.80. The minimum absolute atomic E-state index is 0.00538. The Morgan fingerprint density at radius 2 is 1.88 bits per heavy atom. The number of benzene rings is 1. The van der Waals surface area contributed by atoms with E-state index in [-0.39, 0.29) is 42.1 Å². The Kier molecular flexibility index (Phi) is 7.88. The van der Waals surface area contributed by atoms with E-state index in [2.05, 4.69) is 15.5 Å². The second-order valence-electron chi connectivity index (χ2n) is 11.2. The van der Waals surface area contributed by atoms with E-state index < -0.39 is 28.7 Å². The normalized spacial score (nSPS) is 21.2. The van der Waals surface area contributed by atoms with Crippen molar-refractivity contribution in [2.24, 2.45) is 0 Å². The standard InChI is InChI=1S/C28H32ClF3N6O3/c1-14(2)33-27-34-23-13-37(25(39)18-7-10-22(29)21(12-18)28(30,31)32)15(3)11-20(23)26(40)38(27)19-8-5-17(6-9-19)24-36-35-16(4)41-24/h7,10,12,14-15,17,19H,5-6,8-9,11,13H2,1-4H3,(H,33,34)/t15-,17-,19-/m1/s1. The zero-order valence-corrected chi connectivity index (χ0v) is 24.0. The maximum atomic E-state index is 14.0. The van der Waals surface area contributed by atoms with Crippen molar-refractivity contribution in [3.63, 3.8) is 0 Å². The van der Waals surface area contributed by atoms with Crippen molar-refractivity contribution < 1.29 is 22.4 Å². The fraction of sp³-hybridized carbons (Fsp3) is 0.536. The number of rotatable bonds is 5. The van der Waals surface area contributed by atoms with Crippen molar-refractivity contribution in [1.29, 1.82) is 0 Å². The molecule has 2 aromatic heterocycles. The fourth-order valence-electron chi connectivity index (χ4n) is 5.74. The fourth-order valence-corrected chi connectivity index (χ4v) is 5.97. The predicted octanol–water partition coefficient (Wildman–Crippen LogP) is 5.91. The van der Waals surface area contributed by atoms with Crippen LogP contribution in [0.1, 0.15) is 97.4 Å². The summed E-state index contributed by atoms with van der Waals surface area (Å²) < 4.78 is 47.7. The highest BCUT2D eigenvalue weighted by Crippen LogP contribution is 2.39. The van der Waals surface area contributed by atoms with Crippen molar-refractivity contribution >= 4 is 23.5 Å². The van der Waals surface area contributed by atoms with Crippen LogP contribution in [0.4, 0.5) is 19.1 Å². The Balaban J connectivity index is 1.44. The van der Waals surface area contributed by atoms with Crippen LogP contribution >= 0.6 is 11.6 Å². The highest BCUT2D eigenvalue weighted by Gasteiger charge is 2.37. The van der Waals surface area contributed by atoms with E-state index in [4.69, 9.17) is 21.0 Å². The van der Waals surface area contributed by atoms with Gasteiger partial charge in [-0.1, -0.05) is 11.6 Å². The van der Waals surface area contributed by atoms with Crippen LogP contribution in [0.25, 0.3) is 0 Å². The molecule has 1 atom stereocenters. The van der Waals surface area contributed by atoms with E-state index in [0.717, 1.165) is 37.8 Å². The molecule has 1 amide bonds.